The highest BCUT2D eigenvalue weighted by molar-refractivity contribution is 14.1. The fourth-order valence-corrected chi connectivity index (χ4v) is 2.34. The molecule has 0 radical (unpaired) electrons. The normalized spacial score (nSPS) is 13.1. The van der Waals surface area contributed by atoms with Gasteiger partial charge >= 0.3 is 6.36 Å². The SMILES string of the molecule is N[C@@H](c1ccc(OC(F)(F)F)cc1)c1cccc(I)c1. The van der Waals surface area contributed by atoms with Crippen LogP contribution in [0.3, 0.4) is 0 Å². The molecule has 2 rings (SSSR count). The summed E-state index contributed by atoms with van der Waals surface area (Å²) in [5.41, 5.74) is 7.72. The highest BCUT2D eigenvalue weighted by Gasteiger charge is 2.31. The van der Waals surface area contributed by atoms with E-state index < -0.39 is 6.36 Å². The van der Waals surface area contributed by atoms with Crippen LogP contribution in [0.4, 0.5) is 13.2 Å². The van der Waals surface area contributed by atoms with Crippen LogP contribution in [0.2, 0.25) is 0 Å². The highest BCUT2D eigenvalue weighted by Crippen LogP contribution is 2.26. The Morgan fingerprint density at radius 3 is 2.20 bits per heavy atom. The van der Waals surface area contributed by atoms with Crippen LogP contribution in [-0.2, 0) is 0 Å². The first-order valence-corrected chi connectivity index (χ1v) is 6.80. The van der Waals surface area contributed by atoms with Crippen LogP contribution in [0, 0.1) is 3.57 Å². The minimum absolute atomic E-state index is 0.254. The molecule has 2 aromatic rings. The Morgan fingerprint density at radius 1 is 1.00 bits per heavy atom. The first-order chi connectivity index (χ1) is 9.35. The fourth-order valence-electron chi connectivity index (χ4n) is 1.77. The van der Waals surface area contributed by atoms with E-state index in [9.17, 15) is 13.2 Å². The Kier molecular flexibility index (Phi) is 4.54. The van der Waals surface area contributed by atoms with Gasteiger partial charge < -0.3 is 10.5 Å². The second kappa shape index (κ2) is 6.01. The van der Waals surface area contributed by atoms with Gasteiger partial charge in [-0.15, -0.1) is 13.2 Å². The molecule has 0 spiro atoms. The minimum atomic E-state index is -4.68. The predicted octanol–water partition coefficient (Wildman–Crippen LogP) is 4.24. The molecule has 0 aliphatic heterocycles. The van der Waals surface area contributed by atoms with Crippen molar-refractivity contribution in [2.75, 3.05) is 0 Å². The molecule has 0 unspecified atom stereocenters. The quantitative estimate of drug-likeness (QED) is 0.793. The Balaban J connectivity index is 2.17. The zero-order valence-electron chi connectivity index (χ0n) is 10.2. The molecule has 0 aromatic heterocycles. The maximum Gasteiger partial charge on any atom is 0.573 e. The lowest BCUT2D eigenvalue weighted by Gasteiger charge is -2.14. The molecule has 0 fully saturated rings. The third kappa shape index (κ3) is 4.11. The van der Waals surface area contributed by atoms with Crippen LogP contribution in [0.1, 0.15) is 17.2 Å². The number of alkyl halides is 3. The van der Waals surface area contributed by atoms with Crippen molar-refractivity contribution in [2.24, 2.45) is 5.73 Å². The average Bonchev–Trinajstić information content (AvgIpc) is 2.37. The number of ether oxygens (including phenoxy) is 1. The Bertz CT molecular complexity index is 584. The summed E-state index contributed by atoms with van der Waals surface area (Å²) in [4.78, 5) is 0. The van der Waals surface area contributed by atoms with Gasteiger partial charge in [-0.25, -0.2) is 0 Å². The third-order valence-electron chi connectivity index (χ3n) is 2.68. The standard InChI is InChI=1S/C14H11F3INO/c15-14(16,17)20-12-6-4-9(5-7-12)13(19)10-2-1-3-11(18)8-10/h1-8,13H,19H2/t13-/m0/s1. The van der Waals surface area contributed by atoms with E-state index in [0.717, 1.165) is 14.7 Å². The number of halogens is 4. The van der Waals surface area contributed by atoms with Crippen molar-refractivity contribution in [2.45, 2.75) is 12.4 Å². The summed E-state index contributed by atoms with van der Waals surface area (Å²) in [7, 11) is 0. The lowest BCUT2D eigenvalue weighted by molar-refractivity contribution is -0.274. The molecule has 2 aromatic carbocycles. The van der Waals surface area contributed by atoms with E-state index in [1.54, 1.807) is 0 Å². The molecule has 2 nitrogen and oxygen atoms in total. The van der Waals surface area contributed by atoms with Crippen LogP contribution >= 0.6 is 22.6 Å². The van der Waals surface area contributed by atoms with E-state index in [1.165, 1.54) is 24.3 Å². The second-order valence-corrected chi connectivity index (χ2v) is 5.40. The molecular weight excluding hydrogens is 382 g/mol. The Hall–Kier alpha value is -1.28. The first kappa shape index (κ1) is 15.1. The first-order valence-electron chi connectivity index (χ1n) is 5.72. The summed E-state index contributed by atoms with van der Waals surface area (Å²) in [6, 6.07) is 12.8. The summed E-state index contributed by atoms with van der Waals surface area (Å²) in [6.45, 7) is 0. The van der Waals surface area contributed by atoms with Crippen molar-refractivity contribution in [3.8, 4) is 5.75 Å². The van der Waals surface area contributed by atoms with E-state index in [4.69, 9.17) is 5.73 Å². The van der Waals surface area contributed by atoms with Crippen molar-refractivity contribution in [3.05, 3.63) is 63.2 Å². The third-order valence-corrected chi connectivity index (χ3v) is 3.35. The molecule has 1 atom stereocenters. The fraction of sp³-hybridized carbons (Fsp3) is 0.143. The number of hydrogen-bond acceptors (Lipinski definition) is 2. The van der Waals surface area contributed by atoms with Crippen LogP contribution in [0.15, 0.2) is 48.5 Å². The van der Waals surface area contributed by atoms with Gasteiger partial charge in [0.1, 0.15) is 5.75 Å². The van der Waals surface area contributed by atoms with Gasteiger partial charge in [0.05, 0.1) is 6.04 Å². The van der Waals surface area contributed by atoms with Gasteiger partial charge in [0.25, 0.3) is 0 Å². The molecule has 0 saturated carbocycles. The van der Waals surface area contributed by atoms with Gasteiger partial charge in [-0.1, -0.05) is 24.3 Å². The number of benzene rings is 2. The van der Waals surface area contributed by atoms with E-state index in [0.29, 0.717) is 0 Å². The van der Waals surface area contributed by atoms with Gasteiger partial charge in [0.2, 0.25) is 0 Å². The zero-order valence-corrected chi connectivity index (χ0v) is 12.4. The Morgan fingerprint density at radius 2 is 1.65 bits per heavy atom. The maximum absolute atomic E-state index is 12.1. The van der Waals surface area contributed by atoms with E-state index in [2.05, 4.69) is 27.3 Å². The molecule has 2 N–H and O–H groups in total. The van der Waals surface area contributed by atoms with Crippen molar-refractivity contribution >= 4 is 22.6 Å². The largest absolute Gasteiger partial charge is 0.573 e. The smallest absolute Gasteiger partial charge is 0.406 e. The summed E-state index contributed by atoms with van der Waals surface area (Å²) < 4.78 is 41.1. The lowest BCUT2D eigenvalue weighted by Crippen LogP contribution is -2.17. The lowest BCUT2D eigenvalue weighted by atomic mass is 10.00. The molecule has 20 heavy (non-hydrogen) atoms. The molecular formula is C14H11F3INO. The molecule has 106 valence electrons. The summed E-state index contributed by atoms with van der Waals surface area (Å²) in [5.74, 6) is -0.254. The van der Waals surface area contributed by atoms with Crippen molar-refractivity contribution in [1.29, 1.82) is 0 Å². The van der Waals surface area contributed by atoms with Gasteiger partial charge in [0, 0.05) is 3.57 Å². The minimum Gasteiger partial charge on any atom is -0.406 e. The van der Waals surface area contributed by atoms with Crippen LogP contribution in [0.5, 0.6) is 5.75 Å². The molecule has 0 heterocycles. The van der Waals surface area contributed by atoms with Crippen LogP contribution in [-0.4, -0.2) is 6.36 Å². The average molecular weight is 393 g/mol. The Labute approximate surface area is 127 Å². The topological polar surface area (TPSA) is 35.2 Å². The van der Waals surface area contributed by atoms with Crippen molar-refractivity contribution in [3.63, 3.8) is 0 Å². The van der Waals surface area contributed by atoms with E-state index >= 15 is 0 Å². The predicted molar refractivity (Wildman–Crippen MR) is 78.3 cm³/mol. The summed E-state index contributed by atoms with van der Waals surface area (Å²) in [6.07, 6.45) is -4.68. The molecule has 0 saturated heterocycles. The van der Waals surface area contributed by atoms with Crippen LogP contribution in [0.25, 0.3) is 0 Å². The zero-order chi connectivity index (χ0) is 14.8. The van der Waals surface area contributed by atoms with E-state index in [-0.39, 0.29) is 11.8 Å². The van der Waals surface area contributed by atoms with E-state index in [1.807, 2.05) is 24.3 Å². The van der Waals surface area contributed by atoms with Gasteiger partial charge in [-0.05, 0) is 58.0 Å². The maximum atomic E-state index is 12.1. The van der Waals surface area contributed by atoms with Gasteiger partial charge in [0.15, 0.2) is 0 Å². The van der Waals surface area contributed by atoms with Crippen molar-refractivity contribution < 1.29 is 17.9 Å². The number of hydrogen-bond donors (Lipinski definition) is 1. The number of nitrogens with two attached hydrogens (primary N) is 1. The van der Waals surface area contributed by atoms with Gasteiger partial charge in [-0.3, -0.25) is 0 Å². The molecule has 0 aliphatic carbocycles. The van der Waals surface area contributed by atoms with Crippen molar-refractivity contribution in [1.82, 2.24) is 0 Å². The summed E-state index contributed by atoms with van der Waals surface area (Å²) >= 11 is 2.18. The highest BCUT2D eigenvalue weighted by atomic mass is 127. The molecule has 0 aliphatic rings. The summed E-state index contributed by atoms with van der Waals surface area (Å²) in [5, 5.41) is 0. The molecule has 0 bridgehead atoms. The number of rotatable bonds is 3. The van der Waals surface area contributed by atoms with Gasteiger partial charge in [-0.2, -0.15) is 0 Å². The monoisotopic (exact) mass is 393 g/mol. The molecule has 0 amide bonds. The molecule has 6 heteroatoms. The van der Waals surface area contributed by atoms with Crippen LogP contribution < -0.4 is 10.5 Å². The second-order valence-electron chi connectivity index (χ2n) is 4.15.